The Labute approximate surface area is 199 Å². The van der Waals surface area contributed by atoms with Crippen LogP contribution in [-0.4, -0.2) is 36.5 Å². The smallest absolute Gasteiger partial charge is 0.329 e. The summed E-state index contributed by atoms with van der Waals surface area (Å²) < 4.78 is 10.6. The van der Waals surface area contributed by atoms with Crippen LogP contribution in [0.25, 0.3) is 16.8 Å². The molecule has 1 fully saturated rings. The summed E-state index contributed by atoms with van der Waals surface area (Å²) in [7, 11) is 1.18. The van der Waals surface area contributed by atoms with Gasteiger partial charge in [-0.15, -0.1) is 0 Å². The molecule has 0 unspecified atom stereocenters. The van der Waals surface area contributed by atoms with Gasteiger partial charge >= 0.3 is 12.0 Å². The third-order valence-electron chi connectivity index (χ3n) is 5.09. The number of urea groups is 1. The molecule has 9 heteroatoms. The Balaban J connectivity index is 1.71. The number of nitrogens with zero attached hydrogens (tertiary/aromatic N) is 1. The van der Waals surface area contributed by atoms with Crippen molar-refractivity contribution in [2.45, 2.75) is 6.61 Å². The zero-order valence-electron chi connectivity index (χ0n) is 17.4. The Kier molecular flexibility index (Phi) is 6.53. The number of hydrogen-bond donors (Lipinski definition) is 1. The van der Waals surface area contributed by atoms with Crippen molar-refractivity contribution in [2.75, 3.05) is 13.7 Å². The van der Waals surface area contributed by atoms with Crippen molar-refractivity contribution in [2.24, 2.45) is 0 Å². The van der Waals surface area contributed by atoms with Crippen LogP contribution in [0.15, 0.2) is 60.3 Å². The average Bonchev–Trinajstić information content (AvgIpc) is 3.06. The molecule has 0 aliphatic carbocycles. The van der Waals surface area contributed by atoms with Gasteiger partial charge in [0.1, 0.15) is 24.6 Å². The Bertz CT molecular complexity index is 1310. The summed E-state index contributed by atoms with van der Waals surface area (Å²) in [5.74, 6) is -0.848. The van der Waals surface area contributed by atoms with Crippen LogP contribution in [0.4, 0.5) is 4.79 Å². The van der Waals surface area contributed by atoms with Gasteiger partial charge in [-0.25, -0.2) is 9.69 Å². The van der Waals surface area contributed by atoms with E-state index < -0.39 is 24.5 Å². The van der Waals surface area contributed by atoms with Crippen LogP contribution < -0.4 is 10.1 Å². The fraction of sp³-hybridized carbons (Fsp3) is 0.125. The Morgan fingerprint density at radius 3 is 2.64 bits per heavy atom. The van der Waals surface area contributed by atoms with Crippen LogP contribution >= 0.6 is 23.2 Å². The van der Waals surface area contributed by atoms with Crippen LogP contribution in [0, 0.1) is 0 Å². The highest BCUT2D eigenvalue weighted by atomic mass is 35.5. The Morgan fingerprint density at radius 1 is 1.09 bits per heavy atom. The fourth-order valence-corrected chi connectivity index (χ4v) is 3.86. The number of fused-ring (bicyclic) bond motifs is 1. The van der Waals surface area contributed by atoms with Crippen LogP contribution in [0.3, 0.4) is 0 Å². The van der Waals surface area contributed by atoms with E-state index in [1.54, 1.807) is 30.3 Å². The predicted molar refractivity (Wildman–Crippen MR) is 125 cm³/mol. The highest BCUT2D eigenvalue weighted by molar-refractivity contribution is 6.35. The standard InChI is InChI=1S/C24H18Cl2N2O5/c1-32-22(29)12-28-23(30)20(27-24(28)31)11-18-17-5-3-2-4-14(17)7-9-21(18)33-13-15-6-8-16(25)10-19(15)26/h2-11H,12-13H2,1H3,(H,27,31). The molecule has 168 valence electrons. The summed E-state index contributed by atoms with van der Waals surface area (Å²) in [6.07, 6.45) is 1.54. The van der Waals surface area contributed by atoms with Gasteiger partial charge in [0.2, 0.25) is 0 Å². The molecule has 3 aromatic carbocycles. The van der Waals surface area contributed by atoms with Crippen molar-refractivity contribution in [3.05, 3.63) is 81.5 Å². The highest BCUT2D eigenvalue weighted by Crippen LogP contribution is 2.32. The molecule has 0 saturated carbocycles. The second-order valence-corrected chi connectivity index (χ2v) is 8.02. The van der Waals surface area contributed by atoms with E-state index in [-0.39, 0.29) is 12.3 Å². The summed E-state index contributed by atoms with van der Waals surface area (Å²) >= 11 is 12.2. The van der Waals surface area contributed by atoms with E-state index in [4.69, 9.17) is 27.9 Å². The first-order chi connectivity index (χ1) is 15.9. The number of carbonyl (C=O) groups is 3. The molecule has 0 spiro atoms. The van der Waals surface area contributed by atoms with Crippen molar-refractivity contribution < 1.29 is 23.9 Å². The van der Waals surface area contributed by atoms with Gasteiger partial charge in [0.05, 0.1) is 7.11 Å². The van der Waals surface area contributed by atoms with Crippen molar-refractivity contribution in [1.29, 1.82) is 0 Å². The highest BCUT2D eigenvalue weighted by Gasteiger charge is 2.35. The van der Waals surface area contributed by atoms with Gasteiger partial charge < -0.3 is 14.8 Å². The lowest BCUT2D eigenvalue weighted by molar-refractivity contribution is -0.143. The maximum Gasteiger partial charge on any atom is 0.329 e. The molecule has 33 heavy (non-hydrogen) atoms. The number of amides is 3. The van der Waals surface area contributed by atoms with Gasteiger partial charge in [0.15, 0.2) is 0 Å². The monoisotopic (exact) mass is 484 g/mol. The number of benzene rings is 3. The average molecular weight is 485 g/mol. The second-order valence-electron chi connectivity index (χ2n) is 7.18. The van der Waals surface area contributed by atoms with E-state index in [1.165, 1.54) is 7.11 Å². The first-order valence-corrected chi connectivity index (χ1v) is 10.6. The first kappa shape index (κ1) is 22.6. The van der Waals surface area contributed by atoms with Crippen LogP contribution in [0.1, 0.15) is 11.1 Å². The molecule has 0 aromatic heterocycles. The van der Waals surface area contributed by atoms with Crippen LogP contribution in [0.2, 0.25) is 10.0 Å². The van der Waals surface area contributed by atoms with Gasteiger partial charge in [-0.2, -0.15) is 0 Å². The number of nitrogens with one attached hydrogen (secondary N) is 1. The van der Waals surface area contributed by atoms with Gasteiger partial charge in [-0.1, -0.05) is 59.6 Å². The van der Waals surface area contributed by atoms with Crippen LogP contribution in [0.5, 0.6) is 5.75 Å². The normalized spacial score (nSPS) is 14.6. The van der Waals surface area contributed by atoms with E-state index in [1.807, 2.05) is 30.3 Å². The molecule has 0 bridgehead atoms. The summed E-state index contributed by atoms with van der Waals surface area (Å²) in [6, 6.07) is 15.7. The van der Waals surface area contributed by atoms with E-state index in [9.17, 15) is 14.4 Å². The SMILES string of the molecule is COC(=O)CN1C(=O)NC(=Cc2c(OCc3ccc(Cl)cc3Cl)ccc3ccccc23)C1=O. The lowest BCUT2D eigenvalue weighted by Crippen LogP contribution is -2.36. The first-order valence-electron chi connectivity index (χ1n) is 9.87. The van der Waals surface area contributed by atoms with Gasteiger partial charge in [-0.3, -0.25) is 9.59 Å². The van der Waals surface area contributed by atoms with Crippen molar-refractivity contribution in [3.63, 3.8) is 0 Å². The minimum Gasteiger partial charge on any atom is -0.488 e. The Morgan fingerprint density at radius 2 is 1.88 bits per heavy atom. The number of hydrogen-bond acceptors (Lipinski definition) is 5. The molecular weight excluding hydrogens is 467 g/mol. The number of halogens is 2. The lowest BCUT2D eigenvalue weighted by atomic mass is 10.0. The molecule has 3 amide bonds. The number of esters is 1. The predicted octanol–water partition coefficient (Wildman–Crippen LogP) is 4.79. The molecule has 1 aliphatic rings. The Hall–Kier alpha value is -3.55. The zero-order chi connectivity index (χ0) is 23.5. The van der Waals surface area contributed by atoms with Crippen molar-refractivity contribution in [1.82, 2.24) is 10.2 Å². The molecule has 1 N–H and O–H groups in total. The zero-order valence-corrected chi connectivity index (χ0v) is 18.9. The number of ether oxygens (including phenoxy) is 2. The van der Waals surface area contributed by atoms with E-state index in [0.29, 0.717) is 21.4 Å². The van der Waals surface area contributed by atoms with Gasteiger partial charge in [-0.05, 0) is 35.0 Å². The third-order valence-corrected chi connectivity index (χ3v) is 5.68. The third kappa shape index (κ3) is 4.79. The quantitative estimate of drug-likeness (QED) is 0.308. The molecule has 0 radical (unpaired) electrons. The summed E-state index contributed by atoms with van der Waals surface area (Å²) in [5, 5.41) is 5.24. The molecule has 0 atom stereocenters. The molecule has 4 rings (SSSR count). The molecule has 7 nitrogen and oxygen atoms in total. The largest absolute Gasteiger partial charge is 0.488 e. The second kappa shape index (κ2) is 9.52. The summed E-state index contributed by atoms with van der Waals surface area (Å²) in [4.78, 5) is 37.4. The van der Waals surface area contributed by atoms with Gasteiger partial charge in [0.25, 0.3) is 5.91 Å². The minimum atomic E-state index is -0.702. The molecular formula is C24H18Cl2N2O5. The summed E-state index contributed by atoms with van der Waals surface area (Å²) in [5.41, 5.74) is 1.36. The molecule has 1 aliphatic heterocycles. The van der Waals surface area contributed by atoms with E-state index in [0.717, 1.165) is 21.2 Å². The maximum atomic E-state index is 12.8. The fourth-order valence-electron chi connectivity index (χ4n) is 3.40. The van der Waals surface area contributed by atoms with Crippen molar-refractivity contribution in [3.8, 4) is 5.75 Å². The maximum absolute atomic E-state index is 12.8. The molecule has 3 aromatic rings. The molecule has 1 saturated heterocycles. The number of imide groups is 1. The molecule has 1 heterocycles. The lowest BCUT2D eigenvalue weighted by Gasteiger charge is -2.13. The van der Waals surface area contributed by atoms with Gasteiger partial charge in [0, 0.05) is 21.2 Å². The minimum absolute atomic E-state index is 0.0228. The van der Waals surface area contributed by atoms with Crippen LogP contribution in [-0.2, 0) is 20.9 Å². The topological polar surface area (TPSA) is 84.9 Å². The van der Waals surface area contributed by atoms with E-state index >= 15 is 0 Å². The number of methoxy groups -OCH3 is 1. The summed E-state index contributed by atoms with van der Waals surface area (Å²) in [6.45, 7) is -0.314. The number of rotatable bonds is 6. The van der Waals surface area contributed by atoms with Crippen molar-refractivity contribution >= 4 is 58.0 Å². The number of carbonyl (C=O) groups excluding carboxylic acids is 3. The van der Waals surface area contributed by atoms with E-state index in [2.05, 4.69) is 10.1 Å².